The molecule has 0 atom stereocenters. The molecule has 0 saturated carbocycles. The lowest BCUT2D eigenvalue weighted by atomic mass is 9.97. The number of carbonyl (C=O) groups excluding carboxylic acids is 1. The molecular weight excluding hydrogens is 296 g/mol. The Morgan fingerprint density at radius 3 is 2.26 bits per heavy atom. The molecule has 6 heteroatoms. The number of carboxylic acid groups (broad SMARTS) is 1. The van der Waals surface area contributed by atoms with E-state index in [1.807, 2.05) is 24.3 Å². The molecule has 1 saturated heterocycles. The van der Waals surface area contributed by atoms with Crippen molar-refractivity contribution in [1.29, 1.82) is 0 Å². The Bertz CT molecular complexity index is 555. The second kappa shape index (κ2) is 7.00. The molecule has 126 valence electrons. The van der Waals surface area contributed by atoms with Gasteiger partial charge in [-0.3, -0.25) is 4.79 Å². The highest BCUT2D eigenvalue weighted by atomic mass is 16.4. The van der Waals surface area contributed by atoms with Crippen LogP contribution in [0.3, 0.4) is 0 Å². The molecule has 23 heavy (non-hydrogen) atoms. The highest BCUT2D eigenvalue weighted by molar-refractivity contribution is 5.75. The number of likely N-dealkylation sites (tertiary alicyclic amines) is 1. The van der Waals surface area contributed by atoms with Crippen molar-refractivity contribution in [3.63, 3.8) is 0 Å². The molecule has 0 aliphatic carbocycles. The summed E-state index contributed by atoms with van der Waals surface area (Å²) in [7, 11) is 0. The van der Waals surface area contributed by atoms with E-state index in [2.05, 4.69) is 5.32 Å². The predicted molar refractivity (Wildman–Crippen MR) is 85.9 cm³/mol. The van der Waals surface area contributed by atoms with Crippen molar-refractivity contribution in [2.24, 2.45) is 5.92 Å². The number of aliphatic carboxylic acids is 1. The fourth-order valence-electron chi connectivity index (χ4n) is 2.65. The molecule has 0 spiro atoms. The zero-order chi connectivity index (χ0) is 17.0. The number of nitrogens with one attached hydrogen (secondary N) is 1. The van der Waals surface area contributed by atoms with Gasteiger partial charge in [-0.05, 0) is 37.8 Å². The Hall–Kier alpha value is -2.08. The molecule has 1 fully saturated rings. The van der Waals surface area contributed by atoms with E-state index in [0.717, 1.165) is 11.1 Å². The summed E-state index contributed by atoms with van der Waals surface area (Å²) < 4.78 is 0. The minimum Gasteiger partial charge on any atom is -0.481 e. The van der Waals surface area contributed by atoms with E-state index in [1.165, 1.54) is 0 Å². The third-order valence-corrected chi connectivity index (χ3v) is 4.24. The predicted octanol–water partition coefficient (Wildman–Crippen LogP) is 1.92. The van der Waals surface area contributed by atoms with Crippen molar-refractivity contribution in [2.45, 2.75) is 38.8 Å². The zero-order valence-corrected chi connectivity index (χ0v) is 13.6. The van der Waals surface area contributed by atoms with E-state index in [0.29, 0.717) is 32.5 Å². The molecule has 0 bridgehead atoms. The third-order valence-electron chi connectivity index (χ3n) is 4.24. The zero-order valence-electron chi connectivity index (χ0n) is 13.6. The lowest BCUT2D eigenvalue weighted by Gasteiger charge is -2.30. The Morgan fingerprint density at radius 2 is 1.78 bits per heavy atom. The van der Waals surface area contributed by atoms with Gasteiger partial charge in [0.1, 0.15) is 0 Å². The van der Waals surface area contributed by atoms with Gasteiger partial charge in [-0.15, -0.1) is 0 Å². The summed E-state index contributed by atoms with van der Waals surface area (Å²) in [5.74, 6) is -1.12. The van der Waals surface area contributed by atoms with E-state index in [-0.39, 0.29) is 11.9 Å². The van der Waals surface area contributed by atoms with Crippen LogP contribution in [-0.4, -0.2) is 40.2 Å². The summed E-state index contributed by atoms with van der Waals surface area (Å²) in [4.78, 5) is 24.7. The van der Waals surface area contributed by atoms with Crippen LogP contribution >= 0.6 is 0 Å². The van der Waals surface area contributed by atoms with Crippen LogP contribution in [0.15, 0.2) is 24.3 Å². The van der Waals surface area contributed by atoms with Gasteiger partial charge in [0.15, 0.2) is 0 Å². The van der Waals surface area contributed by atoms with Gasteiger partial charge < -0.3 is 20.4 Å². The van der Waals surface area contributed by atoms with Crippen LogP contribution < -0.4 is 5.32 Å². The number of benzene rings is 1. The molecule has 3 N–H and O–H groups in total. The maximum atomic E-state index is 12.1. The molecule has 2 rings (SSSR count). The molecule has 0 aromatic heterocycles. The van der Waals surface area contributed by atoms with Gasteiger partial charge >= 0.3 is 12.0 Å². The number of nitrogens with zero attached hydrogens (tertiary/aromatic N) is 1. The highest BCUT2D eigenvalue weighted by Crippen LogP contribution is 2.20. The molecule has 2 amide bonds. The van der Waals surface area contributed by atoms with Gasteiger partial charge in [0.25, 0.3) is 0 Å². The second-order valence-corrected chi connectivity index (χ2v) is 6.51. The normalized spacial score (nSPS) is 16.2. The molecule has 1 heterocycles. The molecule has 6 nitrogen and oxygen atoms in total. The van der Waals surface area contributed by atoms with Crippen LogP contribution in [0.2, 0.25) is 0 Å². The third kappa shape index (κ3) is 4.69. The summed E-state index contributed by atoms with van der Waals surface area (Å²) in [5.41, 5.74) is 0.895. The molecule has 1 aliphatic heterocycles. The first-order valence-corrected chi connectivity index (χ1v) is 7.85. The average Bonchev–Trinajstić information content (AvgIpc) is 2.52. The number of carboxylic acids is 1. The summed E-state index contributed by atoms with van der Waals surface area (Å²) in [6.45, 7) is 4.81. The number of amides is 2. The minimum absolute atomic E-state index is 0.166. The second-order valence-electron chi connectivity index (χ2n) is 6.51. The number of carbonyl (C=O) groups is 2. The smallest absolute Gasteiger partial charge is 0.317 e. The summed E-state index contributed by atoms with van der Waals surface area (Å²) in [6.07, 6.45) is 1.01. The molecule has 1 aromatic rings. The summed E-state index contributed by atoms with van der Waals surface area (Å²) in [6, 6.07) is 7.29. The van der Waals surface area contributed by atoms with Crippen LogP contribution in [0, 0.1) is 5.92 Å². The lowest BCUT2D eigenvalue weighted by Crippen LogP contribution is -2.45. The van der Waals surface area contributed by atoms with E-state index < -0.39 is 11.6 Å². The van der Waals surface area contributed by atoms with Gasteiger partial charge in [-0.1, -0.05) is 24.3 Å². The van der Waals surface area contributed by atoms with Crippen LogP contribution in [0.4, 0.5) is 4.79 Å². The van der Waals surface area contributed by atoms with E-state index in [4.69, 9.17) is 5.11 Å². The topological polar surface area (TPSA) is 89.9 Å². The first kappa shape index (κ1) is 17.3. The number of hydrogen-bond acceptors (Lipinski definition) is 3. The fourth-order valence-corrected chi connectivity index (χ4v) is 2.65. The molecule has 0 radical (unpaired) electrons. The highest BCUT2D eigenvalue weighted by Gasteiger charge is 2.26. The van der Waals surface area contributed by atoms with Crippen LogP contribution in [0.1, 0.15) is 37.8 Å². The Morgan fingerprint density at radius 1 is 1.22 bits per heavy atom. The Labute approximate surface area is 136 Å². The number of aliphatic hydroxyl groups is 1. The van der Waals surface area contributed by atoms with Gasteiger partial charge in [0, 0.05) is 19.6 Å². The van der Waals surface area contributed by atoms with E-state index in [1.54, 1.807) is 18.7 Å². The standard InChI is InChI=1S/C17H24N2O4/c1-17(2,23)14-5-3-12(4-6-14)11-18-16(22)19-9-7-13(8-10-19)15(20)21/h3-6,13,23H,7-11H2,1-2H3,(H,18,22)(H,20,21). The van der Waals surface area contributed by atoms with Gasteiger partial charge in [0.2, 0.25) is 0 Å². The quantitative estimate of drug-likeness (QED) is 0.790. The summed E-state index contributed by atoms with van der Waals surface area (Å²) in [5, 5.41) is 21.7. The van der Waals surface area contributed by atoms with Crippen LogP contribution in [0.5, 0.6) is 0 Å². The molecule has 1 aliphatic rings. The summed E-state index contributed by atoms with van der Waals surface area (Å²) >= 11 is 0. The fraction of sp³-hybridized carbons (Fsp3) is 0.529. The van der Waals surface area contributed by atoms with Crippen LogP contribution in [-0.2, 0) is 16.9 Å². The van der Waals surface area contributed by atoms with Crippen molar-refractivity contribution >= 4 is 12.0 Å². The Balaban J connectivity index is 1.82. The largest absolute Gasteiger partial charge is 0.481 e. The number of rotatable bonds is 4. The maximum absolute atomic E-state index is 12.1. The number of hydrogen-bond donors (Lipinski definition) is 3. The van der Waals surface area contributed by atoms with Crippen molar-refractivity contribution in [3.05, 3.63) is 35.4 Å². The monoisotopic (exact) mass is 320 g/mol. The van der Waals surface area contributed by atoms with Crippen molar-refractivity contribution in [3.8, 4) is 0 Å². The van der Waals surface area contributed by atoms with Crippen LogP contribution in [0.25, 0.3) is 0 Å². The van der Waals surface area contributed by atoms with E-state index >= 15 is 0 Å². The first-order valence-electron chi connectivity index (χ1n) is 7.85. The van der Waals surface area contributed by atoms with E-state index in [9.17, 15) is 14.7 Å². The lowest BCUT2D eigenvalue weighted by molar-refractivity contribution is -0.143. The van der Waals surface area contributed by atoms with Gasteiger partial charge in [-0.25, -0.2) is 4.79 Å². The molecule has 0 unspecified atom stereocenters. The average molecular weight is 320 g/mol. The SMILES string of the molecule is CC(C)(O)c1ccc(CNC(=O)N2CCC(C(=O)O)CC2)cc1. The minimum atomic E-state index is -0.879. The number of piperidine rings is 1. The molecule has 1 aromatic carbocycles. The Kier molecular flexibility index (Phi) is 5.26. The maximum Gasteiger partial charge on any atom is 0.317 e. The van der Waals surface area contributed by atoms with Crippen molar-refractivity contribution in [1.82, 2.24) is 10.2 Å². The number of urea groups is 1. The van der Waals surface area contributed by atoms with Crippen molar-refractivity contribution < 1.29 is 19.8 Å². The van der Waals surface area contributed by atoms with Gasteiger partial charge in [0.05, 0.1) is 11.5 Å². The first-order chi connectivity index (χ1) is 10.8. The van der Waals surface area contributed by atoms with Crippen molar-refractivity contribution in [2.75, 3.05) is 13.1 Å². The molecular formula is C17H24N2O4. The van der Waals surface area contributed by atoms with Gasteiger partial charge in [-0.2, -0.15) is 0 Å².